The maximum atomic E-state index is 13.2. The van der Waals surface area contributed by atoms with Crippen LogP contribution >= 0.6 is 11.6 Å². The lowest BCUT2D eigenvalue weighted by Crippen LogP contribution is -1.98. The fourth-order valence-electron chi connectivity index (χ4n) is 2.64. The summed E-state index contributed by atoms with van der Waals surface area (Å²) in [7, 11) is 1.76. The molecule has 0 amide bonds. The van der Waals surface area contributed by atoms with Gasteiger partial charge in [0.2, 0.25) is 0 Å². The number of anilines is 2. The van der Waals surface area contributed by atoms with Gasteiger partial charge in [-0.05, 0) is 44.2 Å². The van der Waals surface area contributed by atoms with Gasteiger partial charge in [-0.15, -0.1) is 0 Å². The molecule has 7 nitrogen and oxygen atoms in total. The van der Waals surface area contributed by atoms with Crippen LogP contribution in [0.25, 0.3) is 11.3 Å². The summed E-state index contributed by atoms with van der Waals surface area (Å²) in [6, 6.07) is 7.72. The molecule has 0 fully saturated rings. The maximum absolute atomic E-state index is 13.2. The van der Waals surface area contributed by atoms with Gasteiger partial charge in [-0.25, -0.2) is 19.4 Å². The summed E-state index contributed by atoms with van der Waals surface area (Å²) in [4.78, 5) is 12.7. The minimum absolute atomic E-state index is 0.315. The molecule has 3 rings (SSSR count). The van der Waals surface area contributed by atoms with E-state index in [-0.39, 0.29) is 5.82 Å². The molecule has 0 saturated carbocycles. The third-order valence-corrected chi connectivity index (χ3v) is 4.09. The fourth-order valence-corrected chi connectivity index (χ4v) is 2.96. The molecule has 144 valence electrons. The van der Waals surface area contributed by atoms with Crippen LogP contribution in [0.2, 0.25) is 5.02 Å². The Morgan fingerprint density at radius 2 is 1.96 bits per heavy atom. The first-order valence-corrected chi connectivity index (χ1v) is 8.78. The third kappa shape index (κ3) is 4.52. The van der Waals surface area contributed by atoms with E-state index in [4.69, 9.17) is 17.3 Å². The van der Waals surface area contributed by atoms with Crippen LogP contribution in [-0.2, 0) is 7.05 Å². The van der Waals surface area contributed by atoms with Crippen molar-refractivity contribution in [3.63, 3.8) is 0 Å². The lowest BCUT2D eigenvalue weighted by atomic mass is 10.1. The Morgan fingerprint density at radius 1 is 1.25 bits per heavy atom. The first-order valence-electron chi connectivity index (χ1n) is 8.40. The molecule has 0 bridgehead atoms. The number of nitrogens with one attached hydrogen (secondary N) is 1. The summed E-state index contributed by atoms with van der Waals surface area (Å²) < 4.78 is 14.8. The second-order valence-corrected chi connectivity index (χ2v) is 6.55. The summed E-state index contributed by atoms with van der Waals surface area (Å²) in [5.74, 6) is 1.06. The molecule has 2 aromatic heterocycles. The first-order chi connectivity index (χ1) is 13.3. The maximum Gasteiger partial charge on any atom is 0.173 e. The minimum atomic E-state index is -0.315. The zero-order valence-electron chi connectivity index (χ0n) is 15.6. The topological polar surface area (TPSA) is 94.0 Å². The molecule has 0 atom stereocenters. The Labute approximate surface area is 166 Å². The quantitative estimate of drug-likeness (QED) is 0.621. The number of allylic oxidation sites excluding steroid dienone is 2. The highest BCUT2D eigenvalue weighted by atomic mass is 35.5. The van der Waals surface area contributed by atoms with E-state index in [0.717, 1.165) is 11.3 Å². The van der Waals surface area contributed by atoms with Crippen LogP contribution in [0.5, 0.6) is 0 Å². The Kier molecular flexibility index (Phi) is 5.70. The molecule has 1 aromatic carbocycles. The Balaban J connectivity index is 1.89. The highest BCUT2D eigenvalue weighted by molar-refractivity contribution is 6.35. The molecule has 0 radical (unpaired) electrons. The number of aromatic nitrogens is 4. The molecule has 3 N–H and O–H groups in total. The first kappa shape index (κ1) is 19.5. The van der Waals surface area contributed by atoms with Crippen LogP contribution in [0, 0.1) is 5.82 Å². The number of nitrogens with zero attached hydrogens (tertiary/aromatic N) is 5. The van der Waals surface area contributed by atoms with Crippen molar-refractivity contribution < 1.29 is 4.39 Å². The number of halogens is 2. The molecule has 0 unspecified atom stereocenters. The van der Waals surface area contributed by atoms with Crippen LogP contribution in [0.1, 0.15) is 13.8 Å². The molecule has 9 heteroatoms. The zero-order chi connectivity index (χ0) is 20.3. The van der Waals surface area contributed by atoms with Crippen molar-refractivity contribution in [1.82, 2.24) is 19.7 Å². The smallest absolute Gasteiger partial charge is 0.173 e. The molecule has 0 spiro atoms. The van der Waals surface area contributed by atoms with Crippen molar-refractivity contribution in [3.8, 4) is 11.3 Å². The Morgan fingerprint density at radius 3 is 2.64 bits per heavy atom. The van der Waals surface area contributed by atoms with Gasteiger partial charge in [-0.2, -0.15) is 5.10 Å². The molecule has 0 aliphatic rings. The van der Waals surface area contributed by atoms with Gasteiger partial charge < -0.3 is 11.1 Å². The molecule has 0 aliphatic carbocycles. The van der Waals surface area contributed by atoms with Crippen molar-refractivity contribution in [1.29, 1.82) is 0 Å². The monoisotopic (exact) mass is 399 g/mol. The Bertz CT molecular complexity index is 1050. The van der Waals surface area contributed by atoms with Crippen molar-refractivity contribution >= 4 is 34.8 Å². The molecule has 3 aromatic rings. The van der Waals surface area contributed by atoms with Gasteiger partial charge in [0.05, 0.1) is 5.69 Å². The number of hydrogen-bond acceptors (Lipinski definition) is 6. The van der Waals surface area contributed by atoms with Crippen LogP contribution in [-0.4, -0.2) is 25.5 Å². The SMILES string of the molecule is CC(N)=CC(C)=Nc1cc(Nc2nn(C)c(-c3ccc(F)cc3)c2Cl)ncn1. The van der Waals surface area contributed by atoms with Crippen LogP contribution < -0.4 is 11.1 Å². The van der Waals surface area contributed by atoms with E-state index in [1.165, 1.54) is 18.5 Å². The van der Waals surface area contributed by atoms with E-state index in [0.29, 0.717) is 33.9 Å². The summed E-state index contributed by atoms with van der Waals surface area (Å²) in [6.07, 6.45) is 3.14. The molecule has 2 heterocycles. The van der Waals surface area contributed by atoms with Crippen LogP contribution in [0.4, 0.5) is 21.8 Å². The van der Waals surface area contributed by atoms with E-state index in [1.807, 2.05) is 6.92 Å². The number of nitrogens with two attached hydrogens (primary N) is 1. The van der Waals surface area contributed by atoms with Gasteiger partial charge in [-0.3, -0.25) is 4.68 Å². The summed E-state index contributed by atoms with van der Waals surface area (Å²) in [5, 5.41) is 7.86. The van der Waals surface area contributed by atoms with Crippen LogP contribution in [0.3, 0.4) is 0 Å². The summed E-state index contributed by atoms with van der Waals surface area (Å²) >= 11 is 6.50. The Hall–Kier alpha value is -3.26. The largest absolute Gasteiger partial charge is 0.402 e. The standard InChI is InChI=1S/C19H19ClFN7/c1-11(22)8-12(2)25-15-9-16(24-10-23-15)26-19-17(20)18(28(3)27-19)13-4-6-14(21)7-5-13/h4-10H,22H2,1-3H3,(H,23,24,26,27). The minimum Gasteiger partial charge on any atom is -0.402 e. The third-order valence-electron chi connectivity index (χ3n) is 3.73. The molecule has 0 saturated heterocycles. The molecular weight excluding hydrogens is 381 g/mol. The van der Waals surface area contributed by atoms with Gasteiger partial charge in [0, 0.05) is 30.1 Å². The van der Waals surface area contributed by atoms with Crippen LogP contribution in [0.15, 0.2) is 53.4 Å². The molecule has 28 heavy (non-hydrogen) atoms. The van der Waals surface area contributed by atoms with Crippen molar-refractivity contribution in [3.05, 3.63) is 59.3 Å². The number of aryl methyl sites for hydroxylation is 1. The molecular formula is C19H19ClFN7. The second-order valence-electron chi connectivity index (χ2n) is 6.17. The van der Waals surface area contributed by atoms with Crippen molar-refractivity contribution in [2.24, 2.45) is 17.8 Å². The average Bonchev–Trinajstić information content (AvgIpc) is 2.89. The normalized spacial score (nSPS) is 12.3. The van der Waals surface area contributed by atoms with E-state index in [2.05, 4.69) is 25.4 Å². The number of aliphatic imine (C=N–C) groups is 1. The highest BCUT2D eigenvalue weighted by Gasteiger charge is 2.17. The molecule has 0 aliphatic heterocycles. The highest BCUT2D eigenvalue weighted by Crippen LogP contribution is 2.34. The van der Waals surface area contributed by atoms with E-state index in [1.54, 1.807) is 42.9 Å². The summed E-state index contributed by atoms with van der Waals surface area (Å²) in [6.45, 7) is 3.62. The van der Waals surface area contributed by atoms with Crippen molar-refractivity contribution in [2.45, 2.75) is 13.8 Å². The van der Waals surface area contributed by atoms with Gasteiger partial charge in [-0.1, -0.05) is 11.6 Å². The lowest BCUT2D eigenvalue weighted by Gasteiger charge is -2.04. The van der Waals surface area contributed by atoms with Gasteiger partial charge >= 0.3 is 0 Å². The van der Waals surface area contributed by atoms with Gasteiger partial charge in [0.15, 0.2) is 11.6 Å². The number of benzene rings is 1. The predicted octanol–water partition coefficient (Wildman–Crippen LogP) is 4.37. The number of rotatable bonds is 5. The van der Waals surface area contributed by atoms with Gasteiger partial charge in [0.25, 0.3) is 0 Å². The van der Waals surface area contributed by atoms with E-state index in [9.17, 15) is 4.39 Å². The summed E-state index contributed by atoms with van der Waals surface area (Å²) in [5.41, 5.74) is 8.45. The average molecular weight is 400 g/mol. The number of hydrogen-bond donors (Lipinski definition) is 2. The van der Waals surface area contributed by atoms with Crippen molar-refractivity contribution in [2.75, 3.05) is 5.32 Å². The predicted molar refractivity (Wildman–Crippen MR) is 110 cm³/mol. The fraction of sp³-hybridized carbons (Fsp3) is 0.158. The van der Waals surface area contributed by atoms with E-state index >= 15 is 0 Å². The van der Waals surface area contributed by atoms with E-state index < -0.39 is 0 Å². The zero-order valence-corrected chi connectivity index (χ0v) is 16.4. The lowest BCUT2D eigenvalue weighted by molar-refractivity contribution is 0.628. The van der Waals surface area contributed by atoms with Gasteiger partial charge in [0.1, 0.15) is 23.0 Å². The second kappa shape index (κ2) is 8.18.